The van der Waals surface area contributed by atoms with Crippen molar-refractivity contribution in [1.29, 1.82) is 0 Å². The van der Waals surface area contributed by atoms with E-state index in [0.29, 0.717) is 0 Å². The molecule has 0 aromatic heterocycles. The lowest BCUT2D eigenvalue weighted by Gasteiger charge is -2.09. The zero-order chi connectivity index (χ0) is 12.0. The molecule has 0 heterocycles. The fraction of sp³-hybridized carbons (Fsp3) is 0.308. The van der Waals surface area contributed by atoms with Crippen LogP contribution in [0.4, 0.5) is 0 Å². The zero-order valence-electron chi connectivity index (χ0n) is 9.51. The average molecular weight is 220 g/mol. The van der Waals surface area contributed by atoms with Gasteiger partial charge in [0.25, 0.3) is 0 Å². The summed E-state index contributed by atoms with van der Waals surface area (Å²) in [5.74, 6) is -0.578. The Kier molecular flexibility index (Phi) is 4.73. The van der Waals surface area contributed by atoms with Crippen molar-refractivity contribution in [2.75, 3.05) is 13.7 Å². The van der Waals surface area contributed by atoms with Gasteiger partial charge in [-0.05, 0) is 12.5 Å². The number of methoxy groups -OCH3 is 1. The first-order chi connectivity index (χ1) is 7.67. The molecule has 0 aliphatic rings. The van der Waals surface area contributed by atoms with Crippen molar-refractivity contribution < 1.29 is 14.6 Å². The van der Waals surface area contributed by atoms with E-state index < -0.39 is 5.97 Å². The number of hydrogen-bond acceptors (Lipinski definition) is 3. The van der Waals surface area contributed by atoms with E-state index in [4.69, 9.17) is 0 Å². The quantitative estimate of drug-likeness (QED) is 0.621. The molecule has 0 amide bonds. The largest absolute Gasteiger partial charge is 0.466 e. The minimum atomic E-state index is -0.412. The Morgan fingerprint density at radius 1 is 1.44 bits per heavy atom. The molecule has 1 rings (SSSR count). The minimum Gasteiger partial charge on any atom is -0.466 e. The number of aliphatic hydroxyl groups is 1. The minimum absolute atomic E-state index is 0.0312. The molecule has 3 nitrogen and oxygen atoms in total. The second-order valence-corrected chi connectivity index (χ2v) is 3.58. The van der Waals surface area contributed by atoms with Crippen LogP contribution in [0.3, 0.4) is 0 Å². The summed E-state index contributed by atoms with van der Waals surface area (Å²) >= 11 is 0. The fourth-order valence-electron chi connectivity index (χ4n) is 1.35. The number of carbonyl (C=O) groups excluding carboxylic acids is 1. The Morgan fingerprint density at radius 3 is 2.56 bits per heavy atom. The first kappa shape index (κ1) is 12.5. The molecule has 0 saturated carbocycles. The summed E-state index contributed by atoms with van der Waals surface area (Å²) in [6.45, 7) is 1.97. The molecule has 1 unspecified atom stereocenters. The normalized spacial score (nSPS) is 12.7. The third-order valence-electron chi connectivity index (χ3n) is 2.37. The van der Waals surface area contributed by atoms with Crippen LogP contribution in [-0.4, -0.2) is 24.8 Å². The summed E-state index contributed by atoms with van der Waals surface area (Å²) in [5, 5.41) is 9.23. The van der Waals surface area contributed by atoms with Gasteiger partial charge in [-0.25, -0.2) is 4.79 Å². The third kappa shape index (κ3) is 3.51. The van der Waals surface area contributed by atoms with E-state index in [9.17, 15) is 9.90 Å². The van der Waals surface area contributed by atoms with Gasteiger partial charge in [0.2, 0.25) is 0 Å². The molecule has 1 N–H and O–H groups in total. The van der Waals surface area contributed by atoms with Crippen molar-refractivity contribution in [1.82, 2.24) is 0 Å². The number of ether oxygens (including phenoxy) is 1. The fourth-order valence-corrected chi connectivity index (χ4v) is 1.35. The van der Waals surface area contributed by atoms with E-state index in [-0.39, 0.29) is 12.5 Å². The second-order valence-electron chi connectivity index (χ2n) is 3.58. The summed E-state index contributed by atoms with van der Waals surface area (Å²) in [4.78, 5) is 10.9. The highest BCUT2D eigenvalue weighted by Crippen LogP contribution is 2.17. The van der Waals surface area contributed by atoms with Crippen molar-refractivity contribution in [3.05, 3.63) is 47.5 Å². The van der Waals surface area contributed by atoms with Crippen LogP contribution in [0.1, 0.15) is 17.0 Å². The monoisotopic (exact) mass is 220 g/mol. The SMILES string of the molecule is COC(=O)/C=C/C(CO)c1ccc(C)cc1. The highest BCUT2D eigenvalue weighted by molar-refractivity contribution is 5.81. The summed E-state index contributed by atoms with van der Waals surface area (Å²) in [7, 11) is 1.33. The first-order valence-corrected chi connectivity index (χ1v) is 5.11. The lowest BCUT2D eigenvalue weighted by atomic mass is 9.98. The maximum absolute atomic E-state index is 10.9. The Morgan fingerprint density at radius 2 is 2.06 bits per heavy atom. The van der Waals surface area contributed by atoms with Gasteiger partial charge in [0.15, 0.2) is 0 Å². The number of rotatable bonds is 4. The summed E-state index contributed by atoms with van der Waals surface area (Å²) in [5.41, 5.74) is 2.14. The number of carbonyl (C=O) groups is 1. The standard InChI is InChI=1S/C13H16O3/c1-10-3-5-11(6-4-10)12(9-14)7-8-13(15)16-2/h3-8,12,14H,9H2,1-2H3/b8-7+. The number of aliphatic hydroxyl groups excluding tert-OH is 1. The molecular weight excluding hydrogens is 204 g/mol. The van der Waals surface area contributed by atoms with Gasteiger partial charge in [0.05, 0.1) is 13.7 Å². The van der Waals surface area contributed by atoms with Crippen LogP contribution < -0.4 is 0 Å². The number of aryl methyl sites for hydroxylation is 1. The van der Waals surface area contributed by atoms with Gasteiger partial charge in [-0.1, -0.05) is 35.9 Å². The lowest BCUT2D eigenvalue weighted by molar-refractivity contribution is -0.134. The van der Waals surface area contributed by atoms with Gasteiger partial charge in [-0.15, -0.1) is 0 Å². The predicted octanol–water partition coefficient (Wildman–Crippen LogP) is 1.80. The topological polar surface area (TPSA) is 46.5 Å². The van der Waals surface area contributed by atoms with Crippen molar-refractivity contribution in [3.63, 3.8) is 0 Å². The van der Waals surface area contributed by atoms with E-state index in [2.05, 4.69) is 4.74 Å². The van der Waals surface area contributed by atoms with Crippen LogP contribution in [0.5, 0.6) is 0 Å². The van der Waals surface area contributed by atoms with Gasteiger partial charge in [-0.2, -0.15) is 0 Å². The van der Waals surface area contributed by atoms with E-state index in [1.165, 1.54) is 13.2 Å². The highest BCUT2D eigenvalue weighted by Gasteiger charge is 2.06. The van der Waals surface area contributed by atoms with E-state index in [1.807, 2.05) is 31.2 Å². The van der Waals surface area contributed by atoms with Gasteiger partial charge in [0.1, 0.15) is 0 Å². The second kappa shape index (κ2) is 6.08. The molecular formula is C13H16O3. The van der Waals surface area contributed by atoms with Crippen molar-refractivity contribution in [2.24, 2.45) is 0 Å². The molecule has 0 radical (unpaired) electrons. The average Bonchev–Trinajstić information content (AvgIpc) is 2.31. The number of esters is 1. The maximum Gasteiger partial charge on any atom is 0.330 e. The van der Waals surface area contributed by atoms with Crippen molar-refractivity contribution in [2.45, 2.75) is 12.8 Å². The molecule has 0 fully saturated rings. The van der Waals surface area contributed by atoms with Gasteiger partial charge >= 0.3 is 5.97 Å². The summed E-state index contributed by atoms with van der Waals surface area (Å²) in [6.07, 6.45) is 2.98. The Labute approximate surface area is 95.4 Å². The Balaban J connectivity index is 2.78. The molecule has 0 aliphatic heterocycles. The molecule has 3 heteroatoms. The third-order valence-corrected chi connectivity index (χ3v) is 2.37. The van der Waals surface area contributed by atoms with Gasteiger partial charge in [0, 0.05) is 12.0 Å². The van der Waals surface area contributed by atoms with Crippen LogP contribution >= 0.6 is 0 Å². The summed E-state index contributed by atoms with van der Waals surface area (Å²) < 4.78 is 4.49. The van der Waals surface area contributed by atoms with Crippen LogP contribution in [-0.2, 0) is 9.53 Å². The Bertz CT molecular complexity index is 365. The molecule has 1 aromatic carbocycles. The maximum atomic E-state index is 10.9. The Hall–Kier alpha value is -1.61. The highest BCUT2D eigenvalue weighted by atomic mass is 16.5. The first-order valence-electron chi connectivity index (χ1n) is 5.11. The summed E-state index contributed by atoms with van der Waals surface area (Å²) in [6, 6.07) is 7.84. The molecule has 0 bridgehead atoms. The van der Waals surface area contributed by atoms with Crippen molar-refractivity contribution >= 4 is 5.97 Å². The molecule has 0 saturated heterocycles. The molecule has 1 atom stereocenters. The zero-order valence-corrected chi connectivity index (χ0v) is 9.51. The molecule has 16 heavy (non-hydrogen) atoms. The van der Waals surface area contributed by atoms with Gasteiger partial charge < -0.3 is 9.84 Å². The lowest BCUT2D eigenvalue weighted by Crippen LogP contribution is -2.02. The van der Waals surface area contributed by atoms with Gasteiger partial charge in [-0.3, -0.25) is 0 Å². The van der Waals surface area contributed by atoms with Crippen LogP contribution in [0.25, 0.3) is 0 Å². The van der Waals surface area contributed by atoms with E-state index in [0.717, 1.165) is 11.1 Å². The molecule has 0 aliphatic carbocycles. The van der Waals surface area contributed by atoms with Crippen molar-refractivity contribution in [3.8, 4) is 0 Å². The van der Waals surface area contributed by atoms with E-state index in [1.54, 1.807) is 6.08 Å². The van der Waals surface area contributed by atoms with Crippen LogP contribution in [0.2, 0.25) is 0 Å². The number of benzene rings is 1. The smallest absolute Gasteiger partial charge is 0.330 e. The van der Waals surface area contributed by atoms with E-state index >= 15 is 0 Å². The van der Waals surface area contributed by atoms with Crippen LogP contribution in [0.15, 0.2) is 36.4 Å². The molecule has 86 valence electrons. The predicted molar refractivity (Wildman–Crippen MR) is 62.2 cm³/mol. The number of hydrogen-bond donors (Lipinski definition) is 1. The molecule has 1 aromatic rings. The molecule has 0 spiro atoms. The van der Waals surface area contributed by atoms with Crippen LogP contribution in [0, 0.1) is 6.92 Å².